The molecule has 0 radical (unpaired) electrons. The second-order valence-corrected chi connectivity index (χ2v) is 2.24. The van der Waals surface area contributed by atoms with Crippen LogP contribution >= 0.6 is 0 Å². The Morgan fingerprint density at radius 3 is 2.91 bits per heavy atom. The summed E-state index contributed by atoms with van der Waals surface area (Å²) in [4.78, 5) is 4.64. The van der Waals surface area contributed by atoms with E-state index < -0.39 is 12.5 Å². The standard InChI is InChI=1S/C6H9F2NO2/c7-6(8)2-4-1-5(3-10)11-9-4/h1,4,6,9-10H,2-3H2. The summed E-state index contributed by atoms with van der Waals surface area (Å²) in [5.74, 6) is 0.302. The van der Waals surface area contributed by atoms with Crippen molar-refractivity contribution in [3.05, 3.63) is 11.8 Å². The third kappa shape index (κ3) is 2.44. The Hall–Kier alpha value is -0.680. The molecule has 2 N–H and O–H groups in total. The minimum atomic E-state index is -2.36. The Balaban J connectivity index is 2.34. The molecule has 1 atom stereocenters. The molecule has 0 saturated carbocycles. The van der Waals surface area contributed by atoms with Gasteiger partial charge in [-0.2, -0.15) is 0 Å². The average molecular weight is 165 g/mol. The highest BCUT2D eigenvalue weighted by Crippen LogP contribution is 2.12. The van der Waals surface area contributed by atoms with Crippen molar-refractivity contribution in [1.82, 2.24) is 5.48 Å². The first-order valence-electron chi connectivity index (χ1n) is 3.24. The molecule has 0 spiro atoms. The van der Waals surface area contributed by atoms with Crippen molar-refractivity contribution >= 4 is 0 Å². The summed E-state index contributed by atoms with van der Waals surface area (Å²) < 4.78 is 23.5. The number of hydroxylamine groups is 1. The van der Waals surface area contributed by atoms with Gasteiger partial charge in [-0.1, -0.05) is 0 Å². The van der Waals surface area contributed by atoms with E-state index in [0.717, 1.165) is 0 Å². The fourth-order valence-corrected chi connectivity index (χ4v) is 0.837. The zero-order valence-electron chi connectivity index (χ0n) is 5.76. The fourth-order valence-electron chi connectivity index (χ4n) is 0.837. The Morgan fingerprint density at radius 2 is 2.45 bits per heavy atom. The molecule has 0 bridgehead atoms. The maximum Gasteiger partial charge on any atom is 0.240 e. The van der Waals surface area contributed by atoms with Crippen LogP contribution in [0.5, 0.6) is 0 Å². The van der Waals surface area contributed by atoms with E-state index in [9.17, 15) is 8.78 Å². The lowest BCUT2D eigenvalue weighted by atomic mass is 10.2. The molecule has 11 heavy (non-hydrogen) atoms. The Kier molecular flexibility index (Phi) is 2.78. The van der Waals surface area contributed by atoms with Gasteiger partial charge < -0.3 is 9.94 Å². The zero-order chi connectivity index (χ0) is 8.27. The van der Waals surface area contributed by atoms with Gasteiger partial charge >= 0.3 is 0 Å². The third-order valence-electron chi connectivity index (χ3n) is 1.32. The monoisotopic (exact) mass is 165 g/mol. The highest BCUT2D eigenvalue weighted by molar-refractivity contribution is 5.04. The highest BCUT2D eigenvalue weighted by atomic mass is 19.3. The molecule has 5 heteroatoms. The van der Waals surface area contributed by atoms with Crippen LogP contribution in [-0.4, -0.2) is 24.2 Å². The van der Waals surface area contributed by atoms with Crippen LogP contribution in [0.15, 0.2) is 11.8 Å². The first kappa shape index (κ1) is 8.42. The third-order valence-corrected chi connectivity index (χ3v) is 1.32. The summed E-state index contributed by atoms with van der Waals surface area (Å²) in [6, 6.07) is -0.475. The van der Waals surface area contributed by atoms with Crippen molar-refractivity contribution < 1.29 is 18.7 Å². The first-order chi connectivity index (χ1) is 5.22. The van der Waals surface area contributed by atoms with E-state index in [1.54, 1.807) is 0 Å². The van der Waals surface area contributed by atoms with Crippen LogP contribution in [0.25, 0.3) is 0 Å². The van der Waals surface area contributed by atoms with Crippen molar-refractivity contribution in [3.63, 3.8) is 0 Å². The van der Waals surface area contributed by atoms with Crippen molar-refractivity contribution in [1.29, 1.82) is 0 Å². The van der Waals surface area contributed by atoms with E-state index in [2.05, 4.69) is 10.3 Å². The van der Waals surface area contributed by atoms with Gasteiger partial charge in [-0.15, -0.1) is 5.48 Å². The van der Waals surface area contributed by atoms with Gasteiger partial charge in [-0.25, -0.2) is 8.78 Å². The summed E-state index contributed by atoms with van der Waals surface area (Å²) in [6.45, 7) is -0.257. The van der Waals surface area contributed by atoms with Gasteiger partial charge in [0.15, 0.2) is 0 Å². The maximum atomic E-state index is 11.7. The van der Waals surface area contributed by atoms with Gasteiger partial charge in [0.05, 0.1) is 6.04 Å². The maximum absolute atomic E-state index is 11.7. The molecule has 3 nitrogen and oxygen atoms in total. The van der Waals surface area contributed by atoms with Gasteiger partial charge in [0.25, 0.3) is 0 Å². The predicted molar refractivity (Wildman–Crippen MR) is 33.8 cm³/mol. The molecular formula is C6H9F2NO2. The zero-order valence-corrected chi connectivity index (χ0v) is 5.76. The number of aliphatic hydroxyl groups is 1. The number of hydrogen-bond acceptors (Lipinski definition) is 3. The number of aliphatic hydroxyl groups excluding tert-OH is 1. The number of nitrogens with one attached hydrogen (secondary N) is 1. The largest absolute Gasteiger partial charge is 0.410 e. The summed E-state index contributed by atoms with van der Waals surface area (Å²) in [7, 11) is 0. The molecule has 1 heterocycles. The molecular weight excluding hydrogens is 156 g/mol. The second kappa shape index (κ2) is 3.64. The van der Waals surface area contributed by atoms with E-state index >= 15 is 0 Å². The lowest BCUT2D eigenvalue weighted by Gasteiger charge is -2.05. The van der Waals surface area contributed by atoms with E-state index in [0.29, 0.717) is 5.76 Å². The van der Waals surface area contributed by atoms with Crippen LogP contribution in [0.2, 0.25) is 0 Å². The van der Waals surface area contributed by atoms with Crippen molar-refractivity contribution in [3.8, 4) is 0 Å². The Bertz CT molecular complexity index is 161. The summed E-state index contributed by atoms with van der Waals surface area (Å²) in [6.07, 6.45) is -1.19. The van der Waals surface area contributed by atoms with Crippen LogP contribution in [0, 0.1) is 0 Å². The number of rotatable bonds is 3. The molecule has 0 fully saturated rings. The smallest absolute Gasteiger partial charge is 0.240 e. The highest BCUT2D eigenvalue weighted by Gasteiger charge is 2.19. The molecule has 1 rings (SSSR count). The normalized spacial score (nSPS) is 23.6. The van der Waals surface area contributed by atoms with Gasteiger partial charge in [0.1, 0.15) is 12.4 Å². The van der Waals surface area contributed by atoms with Crippen LogP contribution in [0.4, 0.5) is 8.78 Å². The van der Waals surface area contributed by atoms with E-state index in [1.165, 1.54) is 6.08 Å². The van der Waals surface area contributed by atoms with E-state index in [-0.39, 0.29) is 13.0 Å². The molecule has 0 saturated heterocycles. The number of halogens is 2. The van der Waals surface area contributed by atoms with Crippen molar-refractivity contribution in [2.45, 2.75) is 18.9 Å². The van der Waals surface area contributed by atoms with Crippen LogP contribution in [-0.2, 0) is 4.84 Å². The Morgan fingerprint density at radius 1 is 1.73 bits per heavy atom. The van der Waals surface area contributed by atoms with Crippen LogP contribution in [0.1, 0.15) is 6.42 Å². The second-order valence-electron chi connectivity index (χ2n) is 2.24. The van der Waals surface area contributed by atoms with Crippen molar-refractivity contribution in [2.24, 2.45) is 0 Å². The van der Waals surface area contributed by atoms with E-state index in [4.69, 9.17) is 5.11 Å². The minimum absolute atomic E-state index is 0.257. The topological polar surface area (TPSA) is 41.5 Å². The SMILES string of the molecule is OCC1=CC(CC(F)F)NO1. The molecule has 0 amide bonds. The minimum Gasteiger partial charge on any atom is -0.410 e. The fraction of sp³-hybridized carbons (Fsp3) is 0.667. The quantitative estimate of drug-likeness (QED) is 0.636. The summed E-state index contributed by atoms with van der Waals surface area (Å²) >= 11 is 0. The average Bonchev–Trinajstić information content (AvgIpc) is 2.34. The van der Waals surface area contributed by atoms with Crippen LogP contribution in [0.3, 0.4) is 0 Å². The lowest BCUT2D eigenvalue weighted by molar-refractivity contribution is 0.0649. The number of alkyl halides is 2. The summed E-state index contributed by atoms with van der Waals surface area (Å²) in [5.41, 5.74) is 2.36. The first-order valence-corrected chi connectivity index (χ1v) is 3.24. The van der Waals surface area contributed by atoms with Crippen LogP contribution < -0.4 is 5.48 Å². The van der Waals surface area contributed by atoms with Gasteiger partial charge in [-0.05, 0) is 6.08 Å². The molecule has 0 aromatic rings. The van der Waals surface area contributed by atoms with Gasteiger partial charge in [0, 0.05) is 6.42 Å². The molecule has 1 aliphatic heterocycles. The molecule has 0 aliphatic carbocycles. The molecule has 1 unspecified atom stereocenters. The summed E-state index contributed by atoms with van der Waals surface area (Å²) in [5, 5.41) is 8.50. The molecule has 64 valence electrons. The molecule has 0 aromatic heterocycles. The predicted octanol–water partition coefficient (Wildman–Crippen LogP) is 0.421. The molecule has 0 aromatic carbocycles. The number of hydrogen-bond donors (Lipinski definition) is 2. The van der Waals surface area contributed by atoms with Gasteiger partial charge in [-0.3, -0.25) is 0 Å². The lowest BCUT2D eigenvalue weighted by Crippen LogP contribution is -2.23. The van der Waals surface area contributed by atoms with E-state index in [1.807, 2.05) is 0 Å². The Labute approximate surface area is 62.6 Å². The van der Waals surface area contributed by atoms with Gasteiger partial charge in [0.2, 0.25) is 6.43 Å². The molecule has 1 aliphatic rings. The van der Waals surface area contributed by atoms with Crippen molar-refractivity contribution in [2.75, 3.05) is 6.61 Å².